The number of fused-ring (bicyclic) bond motifs is 1. The molecule has 3 aromatic rings. The number of unbranched alkanes of at least 4 members (excludes halogenated alkanes) is 1. The Morgan fingerprint density at radius 1 is 1.16 bits per heavy atom. The minimum absolute atomic E-state index is 0.101. The second kappa shape index (κ2) is 8.98. The van der Waals surface area contributed by atoms with E-state index < -0.39 is 10.0 Å². The topological polar surface area (TPSA) is 90.4 Å². The van der Waals surface area contributed by atoms with Crippen molar-refractivity contribution >= 4 is 21.1 Å². The molecule has 4 rings (SSSR count). The number of imidazole rings is 1. The normalized spacial score (nSPS) is 14.5. The SMILES string of the molecule is CCCCn1c(CN(Cc2ccc(OC)cc2)C2CC2)nc2cc(S(N)(=O)=O)ccc21. The lowest BCUT2D eigenvalue weighted by molar-refractivity contribution is 0.236. The van der Waals surface area contributed by atoms with Gasteiger partial charge in [0.2, 0.25) is 10.0 Å². The number of aryl methyl sites for hydroxylation is 1. The molecule has 8 heteroatoms. The minimum atomic E-state index is -3.76. The second-order valence-corrected chi connectivity index (χ2v) is 9.77. The summed E-state index contributed by atoms with van der Waals surface area (Å²) in [6.07, 6.45) is 4.51. The zero-order valence-electron chi connectivity index (χ0n) is 18.1. The maximum atomic E-state index is 11.8. The number of primary sulfonamides is 1. The van der Waals surface area contributed by atoms with Gasteiger partial charge in [-0.2, -0.15) is 0 Å². The number of nitrogens with zero attached hydrogens (tertiary/aromatic N) is 3. The third kappa shape index (κ3) is 5.08. The van der Waals surface area contributed by atoms with E-state index in [2.05, 4.69) is 28.5 Å². The molecule has 31 heavy (non-hydrogen) atoms. The van der Waals surface area contributed by atoms with Gasteiger partial charge in [0, 0.05) is 19.1 Å². The van der Waals surface area contributed by atoms with Crippen LogP contribution in [-0.2, 0) is 29.7 Å². The number of hydrogen-bond acceptors (Lipinski definition) is 5. The Morgan fingerprint density at radius 3 is 2.52 bits per heavy atom. The molecule has 1 aliphatic rings. The predicted octanol–water partition coefficient (Wildman–Crippen LogP) is 3.66. The molecule has 166 valence electrons. The van der Waals surface area contributed by atoms with E-state index in [9.17, 15) is 8.42 Å². The Balaban J connectivity index is 1.65. The van der Waals surface area contributed by atoms with Crippen LogP contribution in [0.2, 0.25) is 0 Å². The van der Waals surface area contributed by atoms with Crippen LogP contribution in [-0.4, -0.2) is 36.0 Å². The Morgan fingerprint density at radius 2 is 1.90 bits per heavy atom. The first-order chi connectivity index (χ1) is 14.9. The molecule has 0 spiro atoms. The molecule has 0 atom stereocenters. The van der Waals surface area contributed by atoms with Gasteiger partial charge in [-0.1, -0.05) is 25.5 Å². The van der Waals surface area contributed by atoms with Crippen molar-refractivity contribution in [3.05, 3.63) is 53.9 Å². The highest BCUT2D eigenvalue weighted by molar-refractivity contribution is 7.89. The van der Waals surface area contributed by atoms with E-state index >= 15 is 0 Å². The van der Waals surface area contributed by atoms with Gasteiger partial charge in [0.05, 0.1) is 29.6 Å². The van der Waals surface area contributed by atoms with Crippen LogP contribution >= 0.6 is 0 Å². The molecule has 1 aliphatic carbocycles. The van der Waals surface area contributed by atoms with Gasteiger partial charge < -0.3 is 9.30 Å². The number of ether oxygens (including phenoxy) is 1. The number of methoxy groups -OCH3 is 1. The molecule has 2 N–H and O–H groups in total. The first-order valence-electron chi connectivity index (χ1n) is 10.8. The number of rotatable bonds is 10. The highest BCUT2D eigenvalue weighted by Gasteiger charge is 2.30. The first kappa shape index (κ1) is 21.8. The van der Waals surface area contributed by atoms with Crippen LogP contribution in [0.5, 0.6) is 5.75 Å². The summed E-state index contributed by atoms with van der Waals surface area (Å²) >= 11 is 0. The third-order valence-corrected chi connectivity index (χ3v) is 6.73. The monoisotopic (exact) mass is 442 g/mol. The van der Waals surface area contributed by atoms with Gasteiger partial charge in [-0.05, 0) is 55.2 Å². The van der Waals surface area contributed by atoms with Crippen molar-refractivity contribution in [1.82, 2.24) is 14.5 Å². The summed E-state index contributed by atoms with van der Waals surface area (Å²) in [5.41, 5.74) is 2.87. The lowest BCUT2D eigenvalue weighted by atomic mass is 10.2. The lowest BCUT2D eigenvalue weighted by Crippen LogP contribution is -2.27. The van der Waals surface area contributed by atoms with Crippen molar-refractivity contribution in [1.29, 1.82) is 0 Å². The number of benzene rings is 2. The molecule has 1 fully saturated rings. The van der Waals surface area contributed by atoms with Crippen molar-refractivity contribution in [3.8, 4) is 5.75 Å². The van der Waals surface area contributed by atoms with Crippen LogP contribution in [0.15, 0.2) is 47.4 Å². The second-order valence-electron chi connectivity index (χ2n) is 8.21. The molecule has 0 radical (unpaired) electrons. The standard InChI is InChI=1S/C23H30N4O3S/c1-3-4-13-27-22-12-11-20(31(24,28)29)14-21(22)25-23(27)16-26(18-7-8-18)15-17-5-9-19(30-2)10-6-17/h5-6,9-12,14,18H,3-4,7-8,13,15-16H2,1-2H3,(H2,24,28,29). The van der Waals surface area contributed by atoms with Crippen molar-refractivity contribution in [3.63, 3.8) is 0 Å². The predicted molar refractivity (Wildman–Crippen MR) is 121 cm³/mol. The fourth-order valence-corrected chi connectivity index (χ4v) is 4.46. The zero-order chi connectivity index (χ0) is 22.0. The van der Waals surface area contributed by atoms with Crippen LogP contribution in [0.25, 0.3) is 11.0 Å². The molecule has 0 aliphatic heterocycles. The Hall–Kier alpha value is -2.42. The molecule has 1 aromatic heterocycles. The van der Waals surface area contributed by atoms with Crippen LogP contribution in [0, 0.1) is 0 Å². The fraction of sp³-hybridized carbons (Fsp3) is 0.435. The van der Waals surface area contributed by atoms with Crippen molar-refractivity contribution < 1.29 is 13.2 Å². The quantitative estimate of drug-likeness (QED) is 0.517. The third-order valence-electron chi connectivity index (χ3n) is 5.82. The van der Waals surface area contributed by atoms with E-state index in [-0.39, 0.29) is 4.90 Å². The summed E-state index contributed by atoms with van der Waals surface area (Å²) in [6, 6.07) is 13.7. The molecule has 1 heterocycles. The van der Waals surface area contributed by atoms with Crippen molar-refractivity contribution in [2.75, 3.05) is 7.11 Å². The fourth-order valence-electron chi connectivity index (χ4n) is 3.92. The van der Waals surface area contributed by atoms with Crippen LogP contribution < -0.4 is 9.88 Å². The molecule has 0 unspecified atom stereocenters. The number of nitrogens with two attached hydrogens (primary N) is 1. The van der Waals surface area contributed by atoms with Crippen molar-refractivity contribution in [2.45, 2.75) is 63.2 Å². The minimum Gasteiger partial charge on any atom is -0.497 e. The average Bonchev–Trinajstić information content (AvgIpc) is 3.54. The summed E-state index contributed by atoms with van der Waals surface area (Å²) < 4.78 is 31.1. The number of aromatic nitrogens is 2. The highest BCUT2D eigenvalue weighted by Crippen LogP contribution is 2.31. The smallest absolute Gasteiger partial charge is 0.238 e. The first-order valence-corrected chi connectivity index (χ1v) is 12.3. The summed E-state index contributed by atoms with van der Waals surface area (Å²) in [6.45, 7) is 4.59. The van der Waals surface area contributed by atoms with Crippen molar-refractivity contribution in [2.24, 2.45) is 5.14 Å². The summed E-state index contributed by atoms with van der Waals surface area (Å²) in [5, 5.41) is 5.33. The molecular formula is C23H30N4O3S. The van der Waals surface area contributed by atoms with Crippen LogP contribution in [0.1, 0.15) is 44.0 Å². The molecule has 0 saturated heterocycles. The van der Waals surface area contributed by atoms with E-state index in [1.54, 1.807) is 19.2 Å². The average molecular weight is 443 g/mol. The Labute approximate surface area is 183 Å². The highest BCUT2D eigenvalue weighted by atomic mass is 32.2. The molecule has 0 bridgehead atoms. The maximum absolute atomic E-state index is 11.8. The van der Waals surface area contributed by atoms with E-state index in [1.807, 2.05) is 18.2 Å². The van der Waals surface area contributed by atoms with Gasteiger partial charge in [-0.3, -0.25) is 4.90 Å². The van der Waals surface area contributed by atoms with E-state index in [4.69, 9.17) is 14.9 Å². The van der Waals surface area contributed by atoms with Gasteiger partial charge in [-0.25, -0.2) is 18.5 Å². The van der Waals surface area contributed by atoms with Gasteiger partial charge in [-0.15, -0.1) is 0 Å². The zero-order valence-corrected chi connectivity index (χ0v) is 18.9. The summed E-state index contributed by atoms with van der Waals surface area (Å²) in [4.78, 5) is 7.41. The van der Waals surface area contributed by atoms with E-state index in [0.717, 1.165) is 49.6 Å². The Bertz CT molecular complexity index is 1150. The maximum Gasteiger partial charge on any atom is 0.238 e. The van der Waals surface area contributed by atoms with Gasteiger partial charge in [0.25, 0.3) is 0 Å². The molecule has 2 aromatic carbocycles. The van der Waals surface area contributed by atoms with Gasteiger partial charge in [0.1, 0.15) is 11.6 Å². The van der Waals surface area contributed by atoms with E-state index in [1.165, 1.54) is 18.4 Å². The van der Waals surface area contributed by atoms with Gasteiger partial charge in [0.15, 0.2) is 0 Å². The van der Waals surface area contributed by atoms with E-state index in [0.29, 0.717) is 11.6 Å². The summed E-state index contributed by atoms with van der Waals surface area (Å²) in [5.74, 6) is 1.82. The largest absolute Gasteiger partial charge is 0.497 e. The molecule has 7 nitrogen and oxygen atoms in total. The molecule has 1 saturated carbocycles. The molecular weight excluding hydrogens is 412 g/mol. The number of sulfonamides is 1. The summed E-state index contributed by atoms with van der Waals surface area (Å²) in [7, 11) is -2.08. The number of hydrogen-bond donors (Lipinski definition) is 1. The van der Waals surface area contributed by atoms with Gasteiger partial charge >= 0.3 is 0 Å². The van der Waals surface area contributed by atoms with Crippen LogP contribution in [0.4, 0.5) is 0 Å². The Kier molecular flexibility index (Phi) is 6.31. The molecule has 0 amide bonds. The lowest BCUT2D eigenvalue weighted by Gasteiger charge is -2.22. The van der Waals surface area contributed by atoms with Crippen LogP contribution in [0.3, 0.4) is 0 Å².